The van der Waals surface area contributed by atoms with E-state index in [2.05, 4.69) is 21.1 Å². The number of likely N-dealkylation sites (tertiary alicyclic amines) is 1. The molecule has 0 bridgehead atoms. The second-order valence-electron chi connectivity index (χ2n) is 8.30. The highest BCUT2D eigenvalue weighted by Gasteiger charge is 2.42. The summed E-state index contributed by atoms with van der Waals surface area (Å²) in [6, 6.07) is 9.67. The van der Waals surface area contributed by atoms with Crippen LogP contribution in [0.2, 0.25) is 0 Å². The summed E-state index contributed by atoms with van der Waals surface area (Å²) in [7, 11) is 1.64. The van der Waals surface area contributed by atoms with E-state index in [1.54, 1.807) is 7.11 Å². The van der Waals surface area contributed by atoms with Crippen molar-refractivity contribution in [2.75, 3.05) is 20.2 Å². The van der Waals surface area contributed by atoms with Crippen molar-refractivity contribution >= 4 is 10.9 Å². The van der Waals surface area contributed by atoms with Crippen molar-refractivity contribution in [3.63, 3.8) is 0 Å². The fourth-order valence-corrected chi connectivity index (χ4v) is 5.01. The van der Waals surface area contributed by atoms with E-state index in [-0.39, 0.29) is 6.10 Å². The minimum absolute atomic E-state index is 0.190. The van der Waals surface area contributed by atoms with Gasteiger partial charge in [-0.15, -0.1) is 0 Å². The van der Waals surface area contributed by atoms with Gasteiger partial charge in [-0.2, -0.15) is 0 Å². The Labute approximate surface area is 170 Å². The van der Waals surface area contributed by atoms with Gasteiger partial charge >= 0.3 is 0 Å². The largest absolute Gasteiger partial charge is 0.493 e. The van der Waals surface area contributed by atoms with E-state index in [0.29, 0.717) is 23.3 Å². The summed E-state index contributed by atoms with van der Waals surface area (Å²) in [5, 5.41) is 11.9. The number of hydrogen-bond acceptors (Lipinski definition) is 5. The fourth-order valence-electron chi connectivity index (χ4n) is 5.01. The van der Waals surface area contributed by atoms with Gasteiger partial charge in [0.05, 0.1) is 13.2 Å². The van der Waals surface area contributed by atoms with E-state index in [1.807, 2.05) is 42.7 Å². The highest BCUT2D eigenvalue weighted by atomic mass is 16.5. The van der Waals surface area contributed by atoms with Crippen LogP contribution in [0.1, 0.15) is 18.4 Å². The van der Waals surface area contributed by atoms with Crippen LogP contribution < -0.4 is 9.47 Å². The SMILES string of the molecule is COc1ccccc1O[C@@H]1C[C@@H]2CN(Cc3c[nH]c4ccncc34)C[C@@H]2C[C@H]1O. The number of aromatic amines is 1. The number of ether oxygens (including phenoxy) is 2. The molecule has 1 saturated carbocycles. The zero-order valence-electron chi connectivity index (χ0n) is 16.6. The van der Waals surface area contributed by atoms with Crippen molar-refractivity contribution in [3.05, 3.63) is 54.5 Å². The number of nitrogens with zero attached hydrogens (tertiary/aromatic N) is 2. The zero-order chi connectivity index (χ0) is 19.8. The number of benzene rings is 1. The number of H-pyrrole nitrogens is 1. The van der Waals surface area contributed by atoms with Gasteiger partial charge in [-0.05, 0) is 48.4 Å². The summed E-state index contributed by atoms with van der Waals surface area (Å²) in [5.74, 6) is 2.48. The smallest absolute Gasteiger partial charge is 0.161 e. The first-order valence-corrected chi connectivity index (χ1v) is 10.3. The average Bonchev–Trinajstić information content (AvgIpc) is 3.32. The van der Waals surface area contributed by atoms with Gasteiger partial charge in [0, 0.05) is 49.1 Å². The number of aliphatic hydroxyl groups excluding tert-OH is 1. The first-order valence-electron chi connectivity index (χ1n) is 10.3. The Bertz CT molecular complexity index is 988. The molecular formula is C23H27N3O3. The Morgan fingerprint density at radius 1 is 1.14 bits per heavy atom. The van der Waals surface area contributed by atoms with Crippen LogP contribution in [0.25, 0.3) is 10.9 Å². The number of fused-ring (bicyclic) bond motifs is 2. The second kappa shape index (κ2) is 7.69. The average molecular weight is 393 g/mol. The van der Waals surface area contributed by atoms with Crippen LogP contribution in [0.3, 0.4) is 0 Å². The van der Waals surface area contributed by atoms with Crippen LogP contribution in [0, 0.1) is 11.8 Å². The van der Waals surface area contributed by atoms with E-state index in [1.165, 1.54) is 10.9 Å². The van der Waals surface area contributed by atoms with E-state index >= 15 is 0 Å². The molecule has 5 rings (SSSR count). The van der Waals surface area contributed by atoms with Gasteiger partial charge in [0.15, 0.2) is 11.5 Å². The molecule has 29 heavy (non-hydrogen) atoms. The molecule has 2 aliphatic rings. The predicted octanol–water partition coefficient (Wildman–Crippen LogP) is 3.22. The van der Waals surface area contributed by atoms with E-state index in [4.69, 9.17) is 9.47 Å². The van der Waals surface area contributed by atoms with Crippen molar-refractivity contribution in [2.45, 2.75) is 31.6 Å². The Balaban J connectivity index is 1.26. The van der Waals surface area contributed by atoms with E-state index < -0.39 is 6.10 Å². The Morgan fingerprint density at radius 3 is 2.76 bits per heavy atom. The van der Waals surface area contributed by atoms with Crippen molar-refractivity contribution in [1.29, 1.82) is 0 Å². The van der Waals surface area contributed by atoms with Gasteiger partial charge in [0.1, 0.15) is 6.10 Å². The Hall–Kier alpha value is -2.57. The maximum absolute atomic E-state index is 10.7. The van der Waals surface area contributed by atoms with Crippen LogP contribution in [-0.2, 0) is 6.54 Å². The van der Waals surface area contributed by atoms with Crippen LogP contribution >= 0.6 is 0 Å². The maximum Gasteiger partial charge on any atom is 0.161 e. The summed E-state index contributed by atoms with van der Waals surface area (Å²) in [4.78, 5) is 10.1. The molecule has 0 spiro atoms. The van der Waals surface area contributed by atoms with Gasteiger partial charge in [-0.1, -0.05) is 12.1 Å². The summed E-state index contributed by atoms with van der Waals surface area (Å²) < 4.78 is 11.6. The molecule has 0 unspecified atom stereocenters. The van der Waals surface area contributed by atoms with Gasteiger partial charge in [-0.25, -0.2) is 0 Å². The first kappa shape index (κ1) is 18.5. The van der Waals surface area contributed by atoms with Gasteiger partial charge < -0.3 is 19.6 Å². The quantitative estimate of drug-likeness (QED) is 0.697. The van der Waals surface area contributed by atoms with Crippen molar-refractivity contribution in [1.82, 2.24) is 14.9 Å². The standard InChI is InChI=1S/C23H27N3O3/c1-28-21-4-2-3-5-22(21)29-23-9-16-13-26(12-15(16)8-20(23)27)14-17-10-25-19-6-7-24-11-18(17)19/h2-7,10-11,15-16,20,23,25,27H,8-9,12-14H2,1H3/t15-,16+,20+,23+/m0/s1. The third-order valence-corrected chi connectivity index (χ3v) is 6.47. The highest BCUT2D eigenvalue weighted by molar-refractivity contribution is 5.81. The number of rotatable bonds is 5. The van der Waals surface area contributed by atoms with Crippen LogP contribution in [0.15, 0.2) is 48.9 Å². The lowest BCUT2D eigenvalue weighted by Crippen LogP contribution is -2.42. The van der Waals surface area contributed by atoms with E-state index in [0.717, 1.165) is 38.0 Å². The molecule has 0 amide bonds. The lowest BCUT2D eigenvalue weighted by Gasteiger charge is -2.35. The number of aromatic nitrogens is 2. The summed E-state index contributed by atoms with van der Waals surface area (Å²) in [6.45, 7) is 2.97. The van der Waals surface area contributed by atoms with Crippen LogP contribution in [0.4, 0.5) is 0 Å². The highest BCUT2D eigenvalue weighted by Crippen LogP contribution is 2.40. The molecule has 3 heterocycles. The number of methoxy groups -OCH3 is 1. The maximum atomic E-state index is 10.7. The molecule has 6 nitrogen and oxygen atoms in total. The van der Waals surface area contributed by atoms with Gasteiger partial charge in [0.25, 0.3) is 0 Å². The first-order chi connectivity index (χ1) is 14.2. The zero-order valence-corrected chi connectivity index (χ0v) is 16.6. The molecule has 1 aliphatic carbocycles. The van der Waals surface area contributed by atoms with E-state index in [9.17, 15) is 5.11 Å². The van der Waals surface area contributed by atoms with Gasteiger partial charge in [-0.3, -0.25) is 9.88 Å². The number of para-hydroxylation sites is 2. The van der Waals surface area contributed by atoms with Crippen molar-refractivity contribution in [3.8, 4) is 11.5 Å². The molecule has 152 valence electrons. The Morgan fingerprint density at radius 2 is 1.93 bits per heavy atom. The molecule has 2 fully saturated rings. The molecule has 1 saturated heterocycles. The molecular weight excluding hydrogens is 366 g/mol. The lowest BCUT2D eigenvalue weighted by atomic mass is 9.78. The molecule has 0 radical (unpaired) electrons. The van der Waals surface area contributed by atoms with Gasteiger partial charge in [0.2, 0.25) is 0 Å². The number of nitrogens with one attached hydrogen (secondary N) is 1. The molecule has 4 atom stereocenters. The minimum atomic E-state index is -0.446. The molecule has 1 aliphatic heterocycles. The number of aliphatic hydroxyl groups is 1. The molecule has 2 N–H and O–H groups in total. The molecule has 2 aromatic heterocycles. The third-order valence-electron chi connectivity index (χ3n) is 6.47. The molecule has 3 aromatic rings. The lowest BCUT2D eigenvalue weighted by molar-refractivity contribution is -0.0240. The fraction of sp³-hybridized carbons (Fsp3) is 0.435. The summed E-state index contributed by atoms with van der Waals surface area (Å²) >= 11 is 0. The second-order valence-corrected chi connectivity index (χ2v) is 8.30. The summed E-state index contributed by atoms with van der Waals surface area (Å²) in [6.07, 6.45) is 6.87. The van der Waals surface area contributed by atoms with Crippen molar-refractivity contribution in [2.24, 2.45) is 11.8 Å². The topological polar surface area (TPSA) is 70.6 Å². The molecule has 1 aromatic carbocycles. The minimum Gasteiger partial charge on any atom is -0.493 e. The monoisotopic (exact) mass is 393 g/mol. The predicted molar refractivity (Wildman–Crippen MR) is 111 cm³/mol. The number of pyridine rings is 1. The van der Waals surface area contributed by atoms with Crippen LogP contribution in [-0.4, -0.2) is 52.4 Å². The summed E-state index contributed by atoms with van der Waals surface area (Å²) in [5.41, 5.74) is 2.42. The normalized spacial score (nSPS) is 27.1. The van der Waals surface area contributed by atoms with Crippen LogP contribution in [0.5, 0.6) is 11.5 Å². The molecule has 6 heteroatoms. The Kier molecular flexibility index (Phi) is 4.89. The number of hydrogen-bond donors (Lipinski definition) is 2. The third kappa shape index (κ3) is 3.58. The van der Waals surface area contributed by atoms with Crippen molar-refractivity contribution < 1.29 is 14.6 Å².